The highest BCUT2D eigenvalue weighted by Crippen LogP contribution is 2.37. The number of allylic oxidation sites excluding steroid dienone is 5. The van der Waals surface area contributed by atoms with Gasteiger partial charge in [-0.3, -0.25) is 9.67 Å². The second kappa shape index (κ2) is 6.02. The van der Waals surface area contributed by atoms with Gasteiger partial charge in [-0.15, -0.1) is 0 Å². The molecular weight excluding hydrogens is 326 g/mol. The number of hydrogen-bond acceptors (Lipinski definition) is 4. The van der Waals surface area contributed by atoms with Crippen molar-refractivity contribution in [2.75, 3.05) is 6.79 Å². The molecule has 2 aliphatic heterocycles. The maximum Gasteiger partial charge on any atom is 0.231 e. The van der Waals surface area contributed by atoms with E-state index in [9.17, 15) is 0 Å². The van der Waals surface area contributed by atoms with Gasteiger partial charge in [-0.1, -0.05) is 24.3 Å². The normalized spacial score (nSPS) is 19.9. The minimum atomic E-state index is 0.207. The molecule has 0 spiro atoms. The van der Waals surface area contributed by atoms with Gasteiger partial charge in [0.25, 0.3) is 0 Å². The lowest BCUT2D eigenvalue weighted by atomic mass is 9.84. The lowest BCUT2D eigenvalue weighted by molar-refractivity contribution is 0.174. The van der Waals surface area contributed by atoms with Crippen molar-refractivity contribution >= 4 is 11.3 Å². The van der Waals surface area contributed by atoms with Crippen molar-refractivity contribution in [1.82, 2.24) is 9.78 Å². The molecule has 0 fully saturated rings. The first-order valence-corrected chi connectivity index (χ1v) is 8.88. The molecule has 26 heavy (non-hydrogen) atoms. The second-order valence-corrected chi connectivity index (χ2v) is 6.60. The van der Waals surface area contributed by atoms with E-state index in [0.29, 0.717) is 6.79 Å². The minimum Gasteiger partial charge on any atom is -0.454 e. The third kappa shape index (κ3) is 2.47. The molecule has 5 nitrogen and oxygen atoms in total. The molecule has 3 aliphatic rings. The quantitative estimate of drug-likeness (QED) is 0.847. The van der Waals surface area contributed by atoms with Crippen molar-refractivity contribution in [3.8, 4) is 11.5 Å². The summed E-state index contributed by atoms with van der Waals surface area (Å²) >= 11 is 0. The molecular formula is C21H19N3O2. The fourth-order valence-corrected chi connectivity index (χ4v) is 3.65. The van der Waals surface area contributed by atoms with Crippen LogP contribution in [0.1, 0.15) is 18.1 Å². The molecule has 1 atom stereocenters. The first-order valence-electron chi connectivity index (χ1n) is 8.88. The monoisotopic (exact) mass is 345 g/mol. The number of ether oxygens (including phenoxy) is 2. The van der Waals surface area contributed by atoms with Gasteiger partial charge in [0.1, 0.15) is 0 Å². The van der Waals surface area contributed by atoms with Crippen LogP contribution in [0.4, 0.5) is 0 Å². The van der Waals surface area contributed by atoms with Gasteiger partial charge < -0.3 is 9.47 Å². The minimum absolute atomic E-state index is 0.207. The summed E-state index contributed by atoms with van der Waals surface area (Å²) in [6.45, 7) is 3.27. The van der Waals surface area contributed by atoms with E-state index in [4.69, 9.17) is 14.5 Å². The lowest BCUT2D eigenvalue weighted by Crippen LogP contribution is -2.17. The maximum atomic E-state index is 5.50. The van der Waals surface area contributed by atoms with Crippen LogP contribution in [0, 0.1) is 5.92 Å². The van der Waals surface area contributed by atoms with E-state index in [1.165, 1.54) is 16.7 Å². The summed E-state index contributed by atoms with van der Waals surface area (Å²) in [7, 11) is 0. The van der Waals surface area contributed by atoms with Crippen LogP contribution in [0.3, 0.4) is 0 Å². The Balaban J connectivity index is 1.38. The van der Waals surface area contributed by atoms with Crippen LogP contribution in [-0.4, -0.2) is 22.3 Å². The number of hydrogen-bond donors (Lipinski definition) is 0. The van der Waals surface area contributed by atoms with Gasteiger partial charge in [-0.2, -0.15) is 5.10 Å². The van der Waals surface area contributed by atoms with Gasteiger partial charge in [0.15, 0.2) is 11.5 Å². The Kier molecular flexibility index (Phi) is 3.52. The van der Waals surface area contributed by atoms with Crippen LogP contribution in [0.2, 0.25) is 0 Å². The molecule has 0 N–H and O–H groups in total. The van der Waals surface area contributed by atoms with Crippen molar-refractivity contribution in [2.45, 2.75) is 19.9 Å². The molecule has 0 saturated heterocycles. The summed E-state index contributed by atoms with van der Waals surface area (Å²) in [5, 5.41) is 4.40. The average Bonchev–Trinajstić information content (AvgIpc) is 3.40. The predicted octanol–water partition coefficient (Wildman–Crippen LogP) is 3.78. The number of aliphatic imine (C=N–C) groups is 1. The number of rotatable bonds is 4. The van der Waals surface area contributed by atoms with Crippen molar-refractivity contribution < 1.29 is 9.47 Å². The molecule has 5 heteroatoms. The summed E-state index contributed by atoms with van der Waals surface area (Å²) in [6, 6.07) is 6.14. The molecule has 1 aromatic carbocycles. The van der Waals surface area contributed by atoms with Crippen molar-refractivity contribution in [2.24, 2.45) is 10.9 Å². The van der Waals surface area contributed by atoms with Crippen LogP contribution in [0.15, 0.2) is 65.6 Å². The first-order chi connectivity index (χ1) is 12.8. The van der Waals surface area contributed by atoms with E-state index in [1.807, 2.05) is 23.1 Å². The number of aromatic nitrogens is 2. The SMILES string of the molecule is CCn1cc(C2=CN=C3C(Cc4ccc5c(c4)OCO5)=CC=CC23)cn1. The molecule has 1 aromatic heterocycles. The Morgan fingerprint density at radius 2 is 2.15 bits per heavy atom. The molecule has 5 rings (SSSR count). The Bertz CT molecular complexity index is 994. The standard InChI is InChI=1S/C21H19N3O2/c1-2-24-12-16(10-23-24)18-11-22-21-15(4-3-5-17(18)21)8-14-6-7-19-20(9-14)26-13-25-19/h3-7,9-12,17H,2,8,13H2,1H3. The summed E-state index contributed by atoms with van der Waals surface area (Å²) < 4.78 is 12.8. The number of nitrogens with zero attached hydrogens (tertiary/aromatic N) is 3. The maximum absolute atomic E-state index is 5.50. The van der Waals surface area contributed by atoms with Gasteiger partial charge in [0.2, 0.25) is 6.79 Å². The van der Waals surface area contributed by atoms with Crippen molar-refractivity contribution in [3.05, 3.63) is 71.7 Å². The van der Waals surface area contributed by atoms with Crippen LogP contribution in [0.5, 0.6) is 11.5 Å². The first kappa shape index (κ1) is 15.2. The number of fused-ring (bicyclic) bond motifs is 2. The second-order valence-electron chi connectivity index (χ2n) is 6.60. The van der Waals surface area contributed by atoms with Crippen molar-refractivity contribution in [1.29, 1.82) is 0 Å². The Morgan fingerprint density at radius 1 is 1.23 bits per heavy atom. The Labute approximate surface area is 152 Å². The van der Waals surface area contributed by atoms with E-state index < -0.39 is 0 Å². The highest BCUT2D eigenvalue weighted by Gasteiger charge is 2.29. The summed E-state index contributed by atoms with van der Waals surface area (Å²) in [4.78, 5) is 4.74. The largest absolute Gasteiger partial charge is 0.454 e. The lowest BCUT2D eigenvalue weighted by Gasteiger charge is -2.19. The van der Waals surface area contributed by atoms with E-state index >= 15 is 0 Å². The topological polar surface area (TPSA) is 48.6 Å². The van der Waals surface area contributed by atoms with Crippen LogP contribution in [0.25, 0.3) is 5.57 Å². The van der Waals surface area contributed by atoms with E-state index in [0.717, 1.165) is 35.7 Å². The van der Waals surface area contributed by atoms with E-state index in [2.05, 4.69) is 48.6 Å². The molecule has 0 amide bonds. The summed E-state index contributed by atoms with van der Waals surface area (Å²) in [5.74, 6) is 1.85. The zero-order chi connectivity index (χ0) is 17.5. The summed E-state index contributed by atoms with van der Waals surface area (Å²) in [6.07, 6.45) is 13.3. The Morgan fingerprint density at radius 3 is 3.04 bits per heavy atom. The van der Waals surface area contributed by atoms with Crippen LogP contribution >= 0.6 is 0 Å². The molecule has 130 valence electrons. The van der Waals surface area contributed by atoms with Gasteiger partial charge in [-0.05, 0) is 42.2 Å². The molecule has 0 bridgehead atoms. The molecule has 2 aromatic rings. The van der Waals surface area contributed by atoms with Gasteiger partial charge >= 0.3 is 0 Å². The number of benzene rings is 1. The summed E-state index contributed by atoms with van der Waals surface area (Å²) in [5.41, 5.74) is 5.93. The van der Waals surface area contributed by atoms with Crippen LogP contribution in [-0.2, 0) is 13.0 Å². The van der Waals surface area contributed by atoms with E-state index in [-0.39, 0.29) is 5.92 Å². The molecule has 1 aliphatic carbocycles. The van der Waals surface area contributed by atoms with Crippen molar-refractivity contribution in [3.63, 3.8) is 0 Å². The zero-order valence-corrected chi connectivity index (χ0v) is 14.6. The third-order valence-corrected chi connectivity index (χ3v) is 5.02. The molecule has 0 radical (unpaired) electrons. The van der Waals surface area contributed by atoms with Gasteiger partial charge in [-0.25, -0.2) is 0 Å². The third-order valence-electron chi connectivity index (χ3n) is 5.02. The molecule has 3 heterocycles. The van der Waals surface area contributed by atoms with E-state index in [1.54, 1.807) is 0 Å². The Hall–Kier alpha value is -3.08. The predicted molar refractivity (Wildman–Crippen MR) is 100 cm³/mol. The number of aryl methyl sites for hydroxylation is 1. The van der Waals surface area contributed by atoms with Crippen LogP contribution < -0.4 is 9.47 Å². The average molecular weight is 345 g/mol. The fourth-order valence-electron chi connectivity index (χ4n) is 3.65. The highest BCUT2D eigenvalue weighted by molar-refractivity contribution is 6.13. The molecule has 0 saturated carbocycles. The molecule has 1 unspecified atom stereocenters. The highest BCUT2D eigenvalue weighted by atomic mass is 16.7. The smallest absolute Gasteiger partial charge is 0.231 e. The van der Waals surface area contributed by atoms with Gasteiger partial charge in [0.05, 0.1) is 11.9 Å². The fraction of sp³-hybridized carbons (Fsp3) is 0.238. The van der Waals surface area contributed by atoms with Gasteiger partial charge in [0, 0.05) is 30.4 Å². The zero-order valence-electron chi connectivity index (χ0n) is 14.6.